The maximum absolute atomic E-state index is 5.67. The number of hydrogen-bond donors (Lipinski definition) is 1. The maximum Gasteiger partial charge on any atom is 0.0825 e. The average Bonchev–Trinajstić information content (AvgIpc) is 3.30. The van der Waals surface area contributed by atoms with Crippen LogP contribution in [0.1, 0.15) is 38.2 Å². The molecule has 3 rings (SSSR count). The van der Waals surface area contributed by atoms with Gasteiger partial charge in [-0.1, -0.05) is 12.1 Å². The average molecular weight is 274 g/mol. The Morgan fingerprint density at radius 1 is 1.30 bits per heavy atom. The smallest absolute Gasteiger partial charge is 0.0825 e. The lowest BCUT2D eigenvalue weighted by Gasteiger charge is -2.40. The van der Waals surface area contributed by atoms with E-state index in [2.05, 4.69) is 41.4 Å². The molecule has 1 N–H and O–H groups in total. The van der Waals surface area contributed by atoms with E-state index in [0.29, 0.717) is 0 Å². The van der Waals surface area contributed by atoms with Gasteiger partial charge in [0.1, 0.15) is 0 Å². The summed E-state index contributed by atoms with van der Waals surface area (Å²) in [5.74, 6) is 0. The van der Waals surface area contributed by atoms with Crippen LogP contribution >= 0.6 is 0 Å². The van der Waals surface area contributed by atoms with Crippen LogP contribution in [0.4, 0.5) is 5.69 Å². The highest BCUT2D eigenvalue weighted by atomic mass is 16.5. The van der Waals surface area contributed by atoms with E-state index in [9.17, 15) is 0 Å². The Balaban J connectivity index is 1.61. The molecule has 1 aromatic carbocycles. The first-order valence-electron chi connectivity index (χ1n) is 7.81. The minimum Gasteiger partial charge on any atom is -0.377 e. The van der Waals surface area contributed by atoms with Crippen molar-refractivity contribution in [1.29, 1.82) is 0 Å². The van der Waals surface area contributed by atoms with Gasteiger partial charge in [-0.3, -0.25) is 0 Å². The summed E-state index contributed by atoms with van der Waals surface area (Å²) in [4.78, 5) is 2.45. The lowest BCUT2D eigenvalue weighted by atomic mass is 9.94. The highest BCUT2D eigenvalue weighted by molar-refractivity contribution is 5.48. The number of nitrogens with one attached hydrogen (secondary N) is 1. The fraction of sp³-hybridized carbons (Fsp3) is 0.647. The molecule has 0 radical (unpaired) electrons. The molecule has 20 heavy (non-hydrogen) atoms. The molecule has 110 valence electrons. The van der Waals surface area contributed by atoms with E-state index in [1.807, 2.05) is 7.11 Å². The van der Waals surface area contributed by atoms with Crippen molar-refractivity contribution in [3.05, 3.63) is 29.8 Å². The van der Waals surface area contributed by atoms with Crippen LogP contribution in [0.2, 0.25) is 0 Å². The molecule has 2 fully saturated rings. The Morgan fingerprint density at radius 2 is 2.05 bits per heavy atom. The fourth-order valence-corrected chi connectivity index (χ4v) is 2.97. The van der Waals surface area contributed by atoms with Crippen LogP contribution < -0.4 is 10.2 Å². The van der Waals surface area contributed by atoms with E-state index < -0.39 is 0 Å². The molecule has 1 aliphatic carbocycles. The highest BCUT2D eigenvalue weighted by Crippen LogP contribution is 2.28. The molecule has 2 aliphatic rings. The van der Waals surface area contributed by atoms with E-state index in [0.717, 1.165) is 32.1 Å². The molecular formula is C17H26N2O. The van der Waals surface area contributed by atoms with Crippen molar-refractivity contribution in [2.75, 3.05) is 25.1 Å². The lowest BCUT2D eigenvalue weighted by molar-refractivity contribution is -0.00465. The summed E-state index contributed by atoms with van der Waals surface area (Å²) in [7, 11) is 1.83. The van der Waals surface area contributed by atoms with E-state index >= 15 is 0 Å². The van der Waals surface area contributed by atoms with Crippen molar-refractivity contribution in [2.24, 2.45) is 0 Å². The summed E-state index contributed by atoms with van der Waals surface area (Å²) >= 11 is 0. The first-order chi connectivity index (χ1) is 9.68. The second kappa shape index (κ2) is 5.74. The van der Waals surface area contributed by atoms with Gasteiger partial charge in [0, 0.05) is 38.5 Å². The summed E-state index contributed by atoms with van der Waals surface area (Å²) in [5, 5.41) is 3.56. The zero-order valence-corrected chi connectivity index (χ0v) is 12.7. The van der Waals surface area contributed by atoms with Crippen molar-refractivity contribution in [2.45, 2.75) is 50.8 Å². The minimum absolute atomic E-state index is 0.00441. The van der Waals surface area contributed by atoms with Gasteiger partial charge in [0.2, 0.25) is 0 Å². The number of ether oxygens (including phenoxy) is 1. The van der Waals surface area contributed by atoms with Gasteiger partial charge >= 0.3 is 0 Å². The Bertz CT molecular complexity index is 441. The first kappa shape index (κ1) is 13.9. The van der Waals surface area contributed by atoms with Gasteiger partial charge in [0.25, 0.3) is 0 Å². The molecule has 1 atom stereocenters. The van der Waals surface area contributed by atoms with E-state index in [-0.39, 0.29) is 5.60 Å². The molecule has 1 saturated heterocycles. The first-order valence-corrected chi connectivity index (χ1v) is 7.81. The lowest BCUT2D eigenvalue weighted by Crippen LogP contribution is -2.47. The topological polar surface area (TPSA) is 24.5 Å². The Morgan fingerprint density at radius 3 is 2.70 bits per heavy atom. The van der Waals surface area contributed by atoms with Gasteiger partial charge in [-0.25, -0.2) is 0 Å². The van der Waals surface area contributed by atoms with Crippen molar-refractivity contribution in [3.63, 3.8) is 0 Å². The Labute approximate surface area is 122 Å². The summed E-state index contributed by atoms with van der Waals surface area (Å²) in [6.07, 6.45) is 5.06. The maximum atomic E-state index is 5.67. The molecule has 1 aliphatic heterocycles. The van der Waals surface area contributed by atoms with Crippen LogP contribution in [0.3, 0.4) is 0 Å². The molecule has 3 heteroatoms. The molecule has 3 nitrogen and oxygen atoms in total. The number of methoxy groups -OCH3 is 1. The van der Waals surface area contributed by atoms with Crippen molar-refractivity contribution in [3.8, 4) is 0 Å². The summed E-state index contributed by atoms with van der Waals surface area (Å²) in [6.45, 7) is 5.34. The van der Waals surface area contributed by atoms with Gasteiger partial charge in [0.05, 0.1) is 5.60 Å². The normalized spacial score (nSPS) is 26.8. The Kier molecular flexibility index (Phi) is 3.99. The van der Waals surface area contributed by atoms with Crippen LogP contribution in [-0.2, 0) is 11.3 Å². The standard InChI is InChI=1S/C17H26N2O/c1-17(20-2)10-3-11-19(13-17)16-8-4-14(5-9-16)12-18-15-6-7-15/h4-5,8-9,15,18H,3,6-7,10-13H2,1-2H3. The molecule has 1 unspecified atom stereocenters. The number of hydrogen-bond acceptors (Lipinski definition) is 3. The molecule has 0 bridgehead atoms. The second-order valence-electron chi connectivity index (χ2n) is 6.50. The molecular weight excluding hydrogens is 248 g/mol. The predicted molar refractivity (Wildman–Crippen MR) is 83.2 cm³/mol. The van der Waals surface area contributed by atoms with Gasteiger partial charge < -0.3 is 15.0 Å². The summed E-state index contributed by atoms with van der Waals surface area (Å²) in [5.41, 5.74) is 2.71. The molecule has 0 amide bonds. The van der Waals surface area contributed by atoms with E-state index in [1.165, 1.54) is 30.5 Å². The van der Waals surface area contributed by atoms with Gasteiger partial charge in [0.15, 0.2) is 0 Å². The summed E-state index contributed by atoms with van der Waals surface area (Å²) < 4.78 is 5.67. The van der Waals surface area contributed by atoms with Crippen LogP contribution in [0, 0.1) is 0 Å². The quantitative estimate of drug-likeness (QED) is 0.893. The SMILES string of the molecule is COC1(C)CCCN(c2ccc(CNC3CC3)cc2)C1. The van der Waals surface area contributed by atoms with Gasteiger partial charge in [-0.15, -0.1) is 0 Å². The largest absolute Gasteiger partial charge is 0.377 e. The molecule has 0 spiro atoms. The number of rotatable bonds is 5. The minimum atomic E-state index is 0.00441. The van der Waals surface area contributed by atoms with Crippen molar-refractivity contribution >= 4 is 5.69 Å². The summed E-state index contributed by atoms with van der Waals surface area (Å²) in [6, 6.07) is 9.79. The predicted octanol–water partition coefficient (Wildman–Crippen LogP) is 2.94. The number of piperidine rings is 1. The van der Waals surface area contributed by atoms with Crippen LogP contribution in [0.15, 0.2) is 24.3 Å². The van der Waals surface area contributed by atoms with Gasteiger partial charge in [-0.05, 0) is 50.3 Å². The van der Waals surface area contributed by atoms with Crippen LogP contribution in [0.25, 0.3) is 0 Å². The number of benzene rings is 1. The number of nitrogens with zero attached hydrogens (tertiary/aromatic N) is 1. The third-order valence-electron chi connectivity index (χ3n) is 4.63. The third kappa shape index (κ3) is 3.33. The van der Waals surface area contributed by atoms with Gasteiger partial charge in [-0.2, -0.15) is 0 Å². The molecule has 1 saturated carbocycles. The zero-order chi connectivity index (χ0) is 14.0. The number of anilines is 1. The van der Waals surface area contributed by atoms with Crippen LogP contribution in [-0.4, -0.2) is 31.8 Å². The highest BCUT2D eigenvalue weighted by Gasteiger charge is 2.30. The molecule has 1 heterocycles. The monoisotopic (exact) mass is 274 g/mol. The molecule has 1 aromatic rings. The van der Waals surface area contributed by atoms with Crippen LogP contribution in [0.5, 0.6) is 0 Å². The second-order valence-corrected chi connectivity index (χ2v) is 6.50. The van der Waals surface area contributed by atoms with Crippen molar-refractivity contribution < 1.29 is 4.74 Å². The Hall–Kier alpha value is -1.06. The third-order valence-corrected chi connectivity index (χ3v) is 4.63. The zero-order valence-electron chi connectivity index (χ0n) is 12.7. The molecule has 0 aromatic heterocycles. The fourth-order valence-electron chi connectivity index (χ4n) is 2.97. The van der Waals surface area contributed by atoms with E-state index in [1.54, 1.807) is 0 Å². The van der Waals surface area contributed by atoms with E-state index in [4.69, 9.17) is 4.74 Å². The van der Waals surface area contributed by atoms with Crippen molar-refractivity contribution in [1.82, 2.24) is 5.32 Å².